The molecular weight excluding hydrogens is 258 g/mol. The van der Waals surface area contributed by atoms with Crippen molar-refractivity contribution in [3.63, 3.8) is 0 Å². The Morgan fingerprint density at radius 2 is 2.21 bits per heavy atom. The minimum Gasteiger partial charge on any atom is -0.466 e. The van der Waals surface area contributed by atoms with Gasteiger partial charge in [0.2, 0.25) is 0 Å². The van der Waals surface area contributed by atoms with E-state index >= 15 is 0 Å². The molecule has 0 radical (unpaired) electrons. The Morgan fingerprint density at radius 1 is 1.37 bits per heavy atom. The molecule has 1 aromatic heterocycles. The average molecular weight is 283 g/mol. The summed E-state index contributed by atoms with van der Waals surface area (Å²) in [5, 5.41) is 13.4. The molecule has 1 heterocycles. The smallest absolute Gasteiger partial charge is 0.294 e. The molecule has 108 valence electrons. The lowest BCUT2D eigenvalue weighted by Crippen LogP contribution is -2.25. The van der Waals surface area contributed by atoms with Gasteiger partial charge in [-0.2, -0.15) is 0 Å². The average Bonchev–Trinajstić information content (AvgIpc) is 2.84. The van der Waals surface area contributed by atoms with Gasteiger partial charge in [0.25, 0.3) is 5.19 Å². The number of nitrogens with zero attached hydrogens (tertiary/aromatic N) is 2. The lowest BCUT2D eigenvalue weighted by Gasteiger charge is -2.27. The van der Waals surface area contributed by atoms with Crippen molar-refractivity contribution in [2.24, 2.45) is 5.92 Å². The van der Waals surface area contributed by atoms with E-state index in [0.29, 0.717) is 12.1 Å². The monoisotopic (exact) mass is 283 g/mol. The molecule has 0 aromatic carbocycles. The summed E-state index contributed by atoms with van der Waals surface area (Å²) in [6.07, 6.45) is 6.59. The molecule has 0 aliphatic heterocycles. The van der Waals surface area contributed by atoms with Crippen LogP contribution >= 0.6 is 11.3 Å². The first-order valence-corrected chi connectivity index (χ1v) is 8.21. The van der Waals surface area contributed by atoms with Crippen molar-refractivity contribution in [2.75, 3.05) is 0 Å². The van der Waals surface area contributed by atoms with Gasteiger partial charge in [0.05, 0.1) is 6.54 Å². The maximum Gasteiger partial charge on any atom is 0.294 e. The summed E-state index contributed by atoms with van der Waals surface area (Å²) in [4.78, 5) is 0. The van der Waals surface area contributed by atoms with Gasteiger partial charge in [-0.25, -0.2) is 0 Å². The highest BCUT2D eigenvalue weighted by Crippen LogP contribution is 2.30. The Bertz CT molecular complexity index is 381. The molecule has 2 atom stereocenters. The van der Waals surface area contributed by atoms with Gasteiger partial charge in [0.1, 0.15) is 11.1 Å². The van der Waals surface area contributed by atoms with E-state index in [1.807, 2.05) is 0 Å². The van der Waals surface area contributed by atoms with Crippen LogP contribution in [0.2, 0.25) is 0 Å². The van der Waals surface area contributed by atoms with E-state index in [4.69, 9.17) is 4.74 Å². The number of ether oxygens (including phenoxy) is 1. The SMILES string of the molecule is CCC1CCCC(Oc2nnc(CNC(C)C)s2)C1. The van der Waals surface area contributed by atoms with E-state index < -0.39 is 0 Å². The molecule has 2 unspecified atom stereocenters. The van der Waals surface area contributed by atoms with Crippen LogP contribution in [-0.2, 0) is 6.54 Å². The van der Waals surface area contributed by atoms with Crippen LogP contribution in [0.3, 0.4) is 0 Å². The maximum absolute atomic E-state index is 5.99. The molecule has 5 heteroatoms. The summed E-state index contributed by atoms with van der Waals surface area (Å²) < 4.78 is 5.99. The van der Waals surface area contributed by atoms with Crippen molar-refractivity contribution in [3.8, 4) is 5.19 Å². The predicted molar refractivity (Wildman–Crippen MR) is 78.5 cm³/mol. The van der Waals surface area contributed by atoms with Gasteiger partial charge in [-0.3, -0.25) is 0 Å². The van der Waals surface area contributed by atoms with Crippen LogP contribution in [0, 0.1) is 5.92 Å². The Kier molecular flexibility index (Phi) is 5.58. The molecule has 1 aromatic rings. The van der Waals surface area contributed by atoms with Crippen molar-refractivity contribution in [3.05, 3.63) is 5.01 Å². The Labute approximate surface area is 120 Å². The van der Waals surface area contributed by atoms with Crippen molar-refractivity contribution in [2.45, 2.75) is 71.6 Å². The van der Waals surface area contributed by atoms with E-state index in [9.17, 15) is 0 Å². The molecule has 0 amide bonds. The predicted octanol–water partition coefficient (Wildman–Crippen LogP) is 3.38. The topological polar surface area (TPSA) is 47.0 Å². The second kappa shape index (κ2) is 7.20. The van der Waals surface area contributed by atoms with Crippen LogP contribution < -0.4 is 10.1 Å². The van der Waals surface area contributed by atoms with E-state index in [2.05, 4.69) is 36.3 Å². The highest BCUT2D eigenvalue weighted by atomic mass is 32.1. The minimum absolute atomic E-state index is 0.345. The number of nitrogens with one attached hydrogen (secondary N) is 1. The normalized spacial score (nSPS) is 23.8. The van der Waals surface area contributed by atoms with Gasteiger partial charge in [0, 0.05) is 6.04 Å². The van der Waals surface area contributed by atoms with Gasteiger partial charge < -0.3 is 10.1 Å². The molecule has 1 aliphatic carbocycles. The molecule has 4 nitrogen and oxygen atoms in total. The molecule has 1 aliphatic rings. The lowest BCUT2D eigenvalue weighted by molar-refractivity contribution is 0.121. The first kappa shape index (κ1) is 14.7. The van der Waals surface area contributed by atoms with Crippen LogP contribution in [0.25, 0.3) is 0 Å². The van der Waals surface area contributed by atoms with E-state index in [1.54, 1.807) is 11.3 Å². The van der Waals surface area contributed by atoms with Crippen LogP contribution in [0.4, 0.5) is 0 Å². The van der Waals surface area contributed by atoms with Gasteiger partial charge in [-0.1, -0.05) is 50.0 Å². The third-order valence-electron chi connectivity index (χ3n) is 3.69. The molecule has 1 saturated carbocycles. The number of rotatable bonds is 6. The fraction of sp³-hybridized carbons (Fsp3) is 0.857. The molecular formula is C14H25N3OS. The molecule has 1 fully saturated rings. The zero-order chi connectivity index (χ0) is 13.7. The summed E-state index contributed by atoms with van der Waals surface area (Å²) in [6, 6.07) is 0.469. The molecule has 2 rings (SSSR count). The first-order chi connectivity index (χ1) is 9.17. The highest BCUT2D eigenvalue weighted by molar-refractivity contribution is 7.13. The second-order valence-corrected chi connectivity index (χ2v) is 6.70. The van der Waals surface area contributed by atoms with Gasteiger partial charge in [0.15, 0.2) is 0 Å². The summed E-state index contributed by atoms with van der Waals surface area (Å²) in [7, 11) is 0. The molecule has 0 spiro atoms. The largest absolute Gasteiger partial charge is 0.466 e. The van der Waals surface area contributed by atoms with Crippen LogP contribution in [-0.4, -0.2) is 22.3 Å². The first-order valence-electron chi connectivity index (χ1n) is 7.39. The zero-order valence-electron chi connectivity index (χ0n) is 12.2. The lowest BCUT2D eigenvalue weighted by atomic mass is 9.86. The highest BCUT2D eigenvalue weighted by Gasteiger charge is 2.23. The maximum atomic E-state index is 5.99. The summed E-state index contributed by atoms with van der Waals surface area (Å²) in [6.45, 7) is 7.31. The minimum atomic E-state index is 0.345. The fourth-order valence-electron chi connectivity index (χ4n) is 2.51. The standard InChI is InChI=1S/C14H25N3OS/c1-4-11-6-5-7-12(8-11)18-14-17-16-13(19-14)9-15-10(2)3/h10-12,15H,4-9H2,1-3H3. The van der Waals surface area contributed by atoms with Gasteiger partial charge in [-0.05, 0) is 25.2 Å². The third kappa shape index (κ3) is 4.73. The molecule has 0 saturated heterocycles. The van der Waals surface area contributed by atoms with Gasteiger partial charge >= 0.3 is 0 Å². The van der Waals surface area contributed by atoms with Crippen LogP contribution in [0.15, 0.2) is 0 Å². The Balaban J connectivity index is 1.82. The quantitative estimate of drug-likeness (QED) is 0.869. The third-order valence-corrected chi connectivity index (χ3v) is 4.50. The number of hydrogen-bond donors (Lipinski definition) is 1. The molecule has 19 heavy (non-hydrogen) atoms. The van der Waals surface area contributed by atoms with E-state index in [-0.39, 0.29) is 0 Å². The Hall–Kier alpha value is -0.680. The van der Waals surface area contributed by atoms with Crippen molar-refractivity contribution in [1.82, 2.24) is 15.5 Å². The van der Waals surface area contributed by atoms with Gasteiger partial charge in [-0.15, -0.1) is 5.10 Å². The Morgan fingerprint density at radius 3 is 2.95 bits per heavy atom. The summed E-state index contributed by atoms with van der Waals surface area (Å²) >= 11 is 1.57. The van der Waals surface area contributed by atoms with Crippen LogP contribution in [0.5, 0.6) is 5.19 Å². The summed E-state index contributed by atoms with van der Waals surface area (Å²) in [5.41, 5.74) is 0. The number of aromatic nitrogens is 2. The second-order valence-electron chi connectivity index (χ2n) is 5.68. The van der Waals surface area contributed by atoms with Crippen LogP contribution in [0.1, 0.15) is 57.9 Å². The molecule has 1 N–H and O–H groups in total. The summed E-state index contributed by atoms with van der Waals surface area (Å²) in [5.74, 6) is 0.828. The van der Waals surface area contributed by atoms with Crippen molar-refractivity contribution >= 4 is 11.3 Å². The number of hydrogen-bond acceptors (Lipinski definition) is 5. The molecule has 0 bridgehead atoms. The van der Waals surface area contributed by atoms with Crippen molar-refractivity contribution < 1.29 is 4.74 Å². The van der Waals surface area contributed by atoms with E-state index in [0.717, 1.165) is 29.1 Å². The zero-order valence-corrected chi connectivity index (χ0v) is 13.0. The van der Waals surface area contributed by atoms with E-state index in [1.165, 1.54) is 25.7 Å². The van der Waals surface area contributed by atoms with Crippen molar-refractivity contribution in [1.29, 1.82) is 0 Å². The fourth-order valence-corrected chi connectivity index (χ4v) is 3.22.